The maximum Gasteiger partial charge on any atom is 0.355 e. The van der Waals surface area contributed by atoms with Gasteiger partial charge in [0.15, 0.2) is 0 Å². The van der Waals surface area contributed by atoms with Crippen LogP contribution in [0.1, 0.15) is 52.8 Å². The summed E-state index contributed by atoms with van der Waals surface area (Å²) >= 11 is 2.67. The van der Waals surface area contributed by atoms with Crippen molar-refractivity contribution in [3.05, 3.63) is 143 Å². The Balaban J connectivity index is 1.09. The second-order valence-corrected chi connectivity index (χ2v) is 18.9. The van der Waals surface area contributed by atoms with Crippen molar-refractivity contribution < 1.29 is 23.6 Å². The Morgan fingerprint density at radius 2 is 1.59 bits per heavy atom. The van der Waals surface area contributed by atoms with E-state index in [-0.39, 0.29) is 19.2 Å². The standard InChI is InChI=1S/C52H60BrN7O5S/c1-5-63-52(61)51-44(22-13-34-64-48-23-11-18-39-17-9-10-19-42(39)48)43-20-12-21-45(50(43)60(51)29-14-28-54-36-38-15-7-6-8-16-38)49-46(55-57(4)47(49)35-53)37-65-41-26-24-40(25-27-41)58-30-32-59(33-31-58)66(62)56(2)3/h6-12,15-21,23-27,54H,5,13-14,22,28-37H2,1-4H3. The van der Waals surface area contributed by atoms with E-state index in [0.29, 0.717) is 37.0 Å². The van der Waals surface area contributed by atoms with Crippen LogP contribution in [0.25, 0.3) is 32.8 Å². The molecule has 1 aliphatic heterocycles. The summed E-state index contributed by atoms with van der Waals surface area (Å²) in [4.78, 5) is 16.6. The highest BCUT2D eigenvalue weighted by molar-refractivity contribution is 9.08. The number of fused-ring (bicyclic) bond motifs is 2. The molecule has 1 saturated heterocycles. The van der Waals surface area contributed by atoms with Crippen molar-refractivity contribution in [3.8, 4) is 22.6 Å². The summed E-state index contributed by atoms with van der Waals surface area (Å²) in [6.45, 7) is 8.02. The van der Waals surface area contributed by atoms with Crippen LogP contribution >= 0.6 is 15.9 Å². The lowest BCUT2D eigenvalue weighted by atomic mass is 9.98. The Hall–Kier alpha value is -5.35. The summed E-state index contributed by atoms with van der Waals surface area (Å²) in [5.74, 6) is 1.27. The molecule has 5 aromatic carbocycles. The normalized spacial score (nSPS) is 13.8. The van der Waals surface area contributed by atoms with Crippen molar-refractivity contribution in [2.24, 2.45) is 7.05 Å². The molecule has 0 saturated carbocycles. The van der Waals surface area contributed by atoms with E-state index in [9.17, 15) is 9.35 Å². The number of nitrogens with one attached hydrogen (secondary N) is 1. The molecular weight excluding hydrogens is 915 g/mol. The molecule has 2 aromatic heterocycles. The molecule has 0 bridgehead atoms. The molecule has 0 amide bonds. The van der Waals surface area contributed by atoms with E-state index >= 15 is 0 Å². The van der Waals surface area contributed by atoms with Crippen LogP contribution in [0.3, 0.4) is 0 Å². The quantitative estimate of drug-likeness (QED) is 0.0324. The molecule has 0 radical (unpaired) electrons. The van der Waals surface area contributed by atoms with E-state index in [1.165, 1.54) is 5.56 Å². The minimum absolute atomic E-state index is 0.244. The molecule has 1 N–H and O–H groups in total. The highest BCUT2D eigenvalue weighted by Crippen LogP contribution is 2.40. The Kier molecular flexibility index (Phi) is 16.0. The Labute approximate surface area is 400 Å². The SMILES string of the molecule is CCOC(=O)c1c(CCCOc2cccc3ccccc23)c2cccc(-c3c(COc4ccc(N5CCN([S+]([O-])N(C)C)CC5)cc4)nn(C)c3CBr)c2n1CCCNCc1ccccc1. The number of para-hydroxylation sites is 1. The number of piperazine rings is 1. The van der Waals surface area contributed by atoms with Crippen molar-refractivity contribution >= 4 is 60.8 Å². The number of aromatic nitrogens is 3. The van der Waals surface area contributed by atoms with Gasteiger partial charge in [0.2, 0.25) is 0 Å². The Morgan fingerprint density at radius 1 is 0.864 bits per heavy atom. The fourth-order valence-corrected chi connectivity index (χ4v) is 10.5. The first-order chi connectivity index (χ1) is 32.2. The molecule has 7 aromatic rings. The van der Waals surface area contributed by atoms with Crippen LogP contribution in [0.2, 0.25) is 0 Å². The summed E-state index contributed by atoms with van der Waals surface area (Å²) in [5, 5.41) is 12.5. The minimum atomic E-state index is -1.12. The first-order valence-electron chi connectivity index (χ1n) is 22.8. The highest BCUT2D eigenvalue weighted by Gasteiger charge is 2.30. The number of hydrogen-bond acceptors (Lipinski definition) is 10. The van der Waals surface area contributed by atoms with Crippen LogP contribution in [-0.4, -0.2) is 93.5 Å². The van der Waals surface area contributed by atoms with Gasteiger partial charge in [-0.1, -0.05) is 101 Å². The summed E-state index contributed by atoms with van der Waals surface area (Å²) in [5.41, 5.74) is 8.62. The van der Waals surface area contributed by atoms with Crippen LogP contribution in [-0.2, 0) is 54.8 Å². The number of ether oxygens (including phenoxy) is 3. The Morgan fingerprint density at radius 3 is 2.35 bits per heavy atom. The molecule has 8 rings (SSSR count). The number of halogens is 1. The van der Waals surface area contributed by atoms with E-state index in [1.807, 2.05) is 79.5 Å². The number of benzene rings is 5. The van der Waals surface area contributed by atoms with Gasteiger partial charge < -0.3 is 33.5 Å². The predicted molar refractivity (Wildman–Crippen MR) is 270 cm³/mol. The smallest absolute Gasteiger partial charge is 0.355 e. The second-order valence-electron chi connectivity index (χ2n) is 16.6. The minimum Gasteiger partial charge on any atom is -0.578 e. The van der Waals surface area contributed by atoms with Gasteiger partial charge in [-0.2, -0.15) is 5.10 Å². The average molecular weight is 975 g/mol. The third kappa shape index (κ3) is 10.8. The largest absolute Gasteiger partial charge is 0.578 e. The molecule has 12 nitrogen and oxygen atoms in total. The van der Waals surface area contributed by atoms with Crippen molar-refractivity contribution in [2.75, 3.05) is 64.9 Å². The van der Waals surface area contributed by atoms with Crippen LogP contribution in [0.15, 0.2) is 115 Å². The third-order valence-corrected chi connectivity index (χ3v) is 14.1. The summed E-state index contributed by atoms with van der Waals surface area (Å²) in [7, 11) is 5.65. The van der Waals surface area contributed by atoms with Crippen LogP contribution in [0.4, 0.5) is 5.69 Å². The van der Waals surface area contributed by atoms with E-state index in [2.05, 4.69) is 104 Å². The topological polar surface area (TPSA) is 112 Å². The molecule has 346 valence electrons. The van der Waals surface area contributed by atoms with E-state index < -0.39 is 11.5 Å². The van der Waals surface area contributed by atoms with Gasteiger partial charge in [-0.3, -0.25) is 4.68 Å². The number of rotatable bonds is 21. The van der Waals surface area contributed by atoms with Gasteiger partial charge in [-0.05, 0) is 79.6 Å². The fourth-order valence-electron chi connectivity index (χ4n) is 8.96. The zero-order chi connectivity index (χ0) is 46.0. The van der Waals surface area contributed by atoms with E-state index in [0.717, 1.165) is 113 Å². The molecular formula is C52H60BrN7O5S. The van der Waals surface area contributed by atoms with Crippen molar-refractivity contribution in [1.29, 1.82) is 0 Å². The molecule has 66 heavy (non-hydrogen) atoms. The molecule has 0 spiro atoms. The number of carbonyl (C=O) groups excluding carboxylic acids is 1. The maximum atomic E-state index is 14.3. The lowest BCUT2D eigenvalue weighted by molar-refractivity contribution is 0.0512. The van der Waals surface area contributed by atoms with Gasteiger partial charge >= 0.3 is 5.97 Å². The number of alkyl halides is 1. The first kappa shape index (κ1) is 47.2. The Bertz CT molecular complexity index is 2690. The van der Waals surface area contributed by atoms with E-state index in [1.54, 1.807) is 4.31 Å². The van der Waals surface area contributed by atoms with E-state index in [4.69, 9.17) is 19.3 Å². The summed E-state index contributed by atoms with van der Waals surface area (Å²) in [6.07, 6.45) is 2.10. The predicted octanol–water partition coefficient (Wildman–Crippen LogP) is 9.30. The van der Waals surface area contributed by atoms with Crippen molar-refractivity contribution in [1.82, 2.24) is 28.3 Å². The van der Waals surface area contributed by atoms with Gasteiger partial charge in [0.1, 0.15) is 41.0 Å². The maximum absolute atomic E-state index is 14.3. The number of esters is 1. The molecule has 1 unspecified atom stereocenters. The number of nitrogens with zero attached hydrogens (tertiary/aromatic N) is 6. The van der Waals surface area contributed by atoms with Crippen LogP contribution in [0.5, 0.6) is 11.5 Å². The second kappa shape index (κ2) is 22.4. The number of carbonyl (C=O) groups is 1. The van der Waals surface area contributed by atoms with Crippen molar-refractivity contribution in [3.63, 3.8) is 0 Å². The molecule has 1 fully saturated rings. The molecule has 1 aliphatic rings. The fraction of sp³-hybridized carbons (Fsp3) is 0.346. The average Bonchev–Trinajstić information content (AvgIpc) is 3.85. The van der Waals surface area contributed by atoms with Crippen LogP contribution in [0, 0.1) is 0 Å². The highest BCUT2D eigenvalue weighted by atomic mass is 79.9. The number of hydrogen-bond donors (Lipinski definition) is 1. The number of anilines is 1. The molecule has 0 aliphatic carbocycles. The number of aryl methyl sites for hydroxylation is 3. The lowest BCUT2D eigenvalue weighted by Gasteiger charge is -2.36. The van der Waals surface area contributed by atoms with Gasteiger partial charge in [0.05, 0.1) is 37.5 Å². The third-order valence-electron chi connectivity index (χ3n) is 12.1. The van der Waals surface area contributed by atoms with Gasteiger partial charge in [-0.25, -0.2) is 4.79 Å². The monoisotopic (exact) mass is 973 g/mol. The lowest BCUT2D eigenvalue weighted by Crippen LogP contribution is -2.51. The zero-order valence-corrected chi connectivity index (χ0v) is 40.8. The van der Waals surface area contributed by atoms with Gasteiger partial charge in [0.25, 0.3) is 0 Å². The van der Waals surface area contributed by atoms with Crippen LogP contribution < -0.4 is 19.7 Å². The molecule has 14 heteroatoms. The van der Waals surface area contributed by atoms with Crippen molar-refractivity contribution in [2.45, 2.75) is 51.2 Å². The summed E-state index contributed by atoms with van der Waals surface area (Å²) < 4.78 is 39.2. The first-order valence-corrected chi connectivity index (χ1v) is 25.0. The van der Waals surface area contributed by atoms with Gasteiger partial charge in [-0.15, -0.1) is 8.61 Å². The summed E-state index contributed by atoms with van der Waals surface area (Å²) in [6, 6.07) is 39.3. The molecule has 1 atom stereocenters. The van der Waals surface area contributed by atoms with Gasteiger partial charge in [0, 0.05) is 80.2 Å². The zero-order valence-electron chi connectivity index (χ0n) is 38.4. The molecule has 3 heterocycles.